The van der Waals surface area contributed by atoms with Gasteiger partial charge in [0.1, 0.15) is 18.0 Å². The Labute approximate surface area is 195 Å². The van der Waals surface area contributed by atoms with E-state index in [1.165, 1.54) is 0 Å². The van der Waals surface area contributed by atoms with E-state index in [9.17, 15) is 4.79 Å². The van der Waals surface area contributed by atoms with Gasteiger partial charge in [0.25, 0.3) is 0 Å². The van der Waals surface area contributed by atoms with E-state index in [2.05, 4.69) is 23.8 Å². The minimum absolute atomic E-state index is 0.0836. The van der Waals surface area contributed by atoms with Crippen molar-refractivity contribution in [3.8, 4) is 17.2 Å². The number of likely N-dealkylation sites (tertiary alicyclic amines) is 1. The molecule has 0 aliphatic carbocycles. The number of piperidine rings is 1. The Morgan fingerprint density at radius 2 is 2.03 bits per heavy atom. The summed E-state index contributed by atoms with van der Waals surface area (Å²) in [5.41, 5.74) is 1.67. The molecule has 4 rings (SSSR count). The van der Waals surface area contributed by atoms with Crippen LogP contribution in [0, 0.1) is 0 Å². The molecule has 174 valence electrons. The van der Waals surface area contributed by atoms with Gasteiger partial charge in [-0.25, -0.2) is 0 Å². The third kappa shape index (κ3) is 5.40. The number of hydrogen-bond donors (Lipinski definition) is 1. The van der Waals surface area contributed by atoms with E-state index in [0.717, 1.165) is 49.2 Å². The number of amides is 1. The molecule has 6 nitrogen and oxygen atoms in total. The number of carbonyl (C=O) groups excluding carboxylic acids is 1. The number of nitrogens with one attached hydrogen (secondary N) is 1. The molecule has 1 amide bonds. The molecule has 1 fully saturated rings. The van der Waals surface area contributed by atoms with Crippen LogP contribution >= 0.6 is 0 Å². The maximum atomic E-state index is 12.9. The number of hydrogen-bond acceptors (Lipinski definition) is 5. The van der Waals surface area contributed by atoms with Crippen LogP contribution in [0.3, 0.4) is 0 Å². The summed E-state index contributed by atoms with van der Waals surface area (Å²) >= 11 is 0. The van der Waals surface area contributed by atoms with Crippen LogP contribution < -0.4 is 19.5 Å². The van der Waals surface area contributed by atoms with Crippen molar-refractivity contribution in [2.24, 2.45) is 0 Å². The highest BCUT2D eigenvalue weighted by atomic mass is 16.5. The van der Waals surface area contributed by atoms with E-state index in [1.54, 1.807) is 25.3 Å². The van der Waals surface area contributed by atoms with E-state index in [0.29, 0.717) is 18.1 Å². The van der Waals surface area contributed by atoms with Gasteiger partial charge < -0.3 is 24.4 Å². The van der Waals surface area contributed by atoms with Crippen LogP contribution in [-0.4, -0.2) is 50.3 Å². The van der Waals surface area contributed by atoms with E-state index < -0.39 is 0 Å². The molecule has 2 aliphatic rings. The average molecular weight is 449 g/mol. The van der Waals surface area contributed by atoms with Crippen molar-refractivity contribution in [1.82, 2.24) is 10.2 Å². The van der Waals surface area contributed by atoms with Crippen molar-refractivity contribution in [2.75, 3.05) is 33.9 Å². The first kappa shape index (κ1) is 22.9. The SMILES string of the molecule is C=CCOc1ccc(C=CC(=O)NC2CC3(CCN(C)CC3)Oc3ccccc32)cc1OC. The van der Waals surface area contributed by atoms with Crippen molar-refractivity contribution in [3.63, 3.8) is 0 Å². The van der Waals surface area contributed by atoms with Crippen molar-refractivity contribution in [2.45, 2.75) is 30.9 Å². The predicted octanol–water partition coefficient (Wildman–Crippen LogP) is 4.38. The Morgan fingerprint density at radius 3 is 2.79 bits per heavy atom. The molecule has 33 heavy (non-hydrogen) atoms. The van der Waals surface area contributed by atoms with Gasteiger partial charge in [0.2, 0.25) is 5.91 Å². The first-order valence-electron chi connectivity index (χ1n) is 11.4. The van der Waals surface area contributed by atoms with Gasteiger partial charge in [0.05, 0.1) is 13.2 Å². The molecule has 0 aromatic heterocycles. The first-order chi connectivity index (χ1) is 16.0. The summed E-state index contributed by atoms with van der Waals surface area (Å²) in [6.45, 7) is 6.05. The summed E-state index contributed by atoms with van der Waals surface area (Å²) < 4.78 is 17.5. The van der Waals surface area contributed by atoms with Gasteiger partial charge >= 0.3 is 0 Å². The van der Waals surface area contributed by atoms with Gasteiger partial charge in [-0.1, -0.05) is 36.9 Å². The van der Waals surface area contributed by atoms with Gasteiger partial charge in [0.15, 0.2) is 11.5 Å². The summed E-state index contributed by atoms with van der Waals surface area (Å²) in [4.78, 5) is 15.2. The Kier molecular flexibility index (Phi) is 7.04. The van der Waals surface area contributed by atoms with Crippen LogP contribution in [0.1, 0.15) is 36.4 Å². The fourth-order valence-electron chi connectivity index (χ4n) is 4.53. The van der Waals surface area contributed by atoms with Crippen LogP contribution in [-0.2, 0) is 4.79 Å². The molecule has 2 aliphatic heterocycles. The molecule has 0 bridgehead atoms. The normalized spacial score (nSPS) is 19.5. The lowest BCUT2D eigenvalue weighted by Gasteiger charge is -2.46. The molecular formula is C27H32N2O4. The molecule has 0 radical (unpaired) electrons. The molecule has 2 heterocycles. The van der Waals surface area contributed by atoms with Crippen molar-refractivity contribution >= 4 is 12.0 Å². The van der Waals surface area contributed by atoms with Crippen LogP contribution in [0.4, 0.5) is 0 Å². The molecule has 6 heteroatoms. The van der Waals surface area contributed by atoms with Crippen LogP contribution in [0.2, 0.25) is 0 Å². The molecule has 1 unspecified atom stereocenters. The smallest absolute Gasteiger partial charge is 0.244 e. The Balaban J connectivity index is 1.47. The third-order valence-electron chi connectivity index (χ3n) is 6.38. The standard InChI is InChI=1S/C27H32N2O4/c1-4-17-32-24-11-9-20(18-25(24)31-3)10-12-26(30)28-22-19-27(13-15-29(2)16-14-27)33-23-8-6-5-7-21(22)23/h4-12,18,22H,1,13-17,19H2,2-3H3,(H,28,30). The van der Waals surface area contributed by atoms with E-state index in [-0.39, 0.29) is 17.6 Å². The van der Waals surface area contributed by atoms with E-state index in [4.69, 9.17) is 14.2 Å². The van der Waals surface area contributed by atoms with Crippen molar-refractivity contribution in [1.29, 1.82) is 0 Å². The fourth-order valence-corrected chi connectivity index (χ4v) is 4.53. The molecular weight excluding hydrogens is 416 g/mol. The molecule has 1 atom stereocenters. The summed E-state index contributed by atoms with van der Waals surface area (Å²) in [6.07, 6.45) is 7.73. The lowest BCUT2D eigenvalue weighted by Crippen LogP contribution is -2.51. The zero-order valence-electron chi connectivity index (χ0n) is 19.4. The zero-order valence-corrected chi connectivity index (χ0v) is 19.4. The lowest BCUT2D eigenvalue weighted by atomic mass is 9.80. The number of methoxy groups -OCH3 is 1. The van der Waals surface area contributed by atoms with Crippen LogP contribution in [0.25, 0.3) is 6.08 Å². The van der Waals surface area contributed by atoms with Gasteiger partial charge in [-0.15, -0.1) is 0 Å². The predicted molar refractivity (Wildman–Crippen MR) is 130 cm³/mol. The Morgan fingerprint density at radius 1 is 1.24 bits per heavy atom. The second-order valence-corrected chi connectivity index (χ2v) is 8.73. The molecule has 2 aromatic carbocycles. The van der Waals surface area contributed by atoms with Gasteiger partial charge in [-0.3, -0.25) is 4.79 Å². The highest BCUT2D eigenvalue weighted by Crippen LogP contribution is 2.44. The highest BCUT2D eigenvalue weighted by Gasteiger charge is 2.43. The summed E-state index contributed by atoms with van der Waals surface area (Å²) in [5, 5.41) is 3.21. The minimum atomic E-state index is -0.225. The van der Waals surface area contributed by atoms with Gasteiger partial charge in [-0.2, -0.15) is 0 Å². The average Bonchev–Trinajstić information content (AvgIpc) is 2.83. The number of ether oxygens (including phenoxy) is 3. The second kappa shape index (κ2) is 10.1. The first-order valence-corrected chi connectivity index (χ1v) is 11.4. The summed E-state index contributed by atoms with van der Waals surface area (Å²) in [6, 6.07) is 13.5. The monoisotopic (exact) mass is 448 g/mol. The summed E-state index contributed by atoms with van der Waals surface area (Å²) in [5.74, 6) is 2.00. The highest BCUT2D eigenvalue weighted by molar-refractivity contribution is 5.92. The number of benzene rings is 2. The zero-order chi connectivity index (χ0) is 23.3. The second-order valence-electron chi connectivity index (χ2n) is 8.73. The van der Waals surface area contributed by atoms with Crippen molar-refractivity contribution in [3.05, 3.63) is 72.3 Å². The van der Waals surface area contributed by atoms with Gasteiger partial charge in [-0.05, 0) is 49.7 Å². The Hall–Kier alpha value is -3.25. The number of nitrogens with zero attached hydrogens (tertiary/aromatic N) is 1. The molecule has 0 saturated carbocycles. The topological polar surface area (TPSA) is 60.0 Å². The number of fused-ring (bicyclic) bond motifs is 1. The van der Waals surface area contributed by atoms with E-state index in [1.807, 2.05) is 42.5 Å². The fraction of sp³-hybridized carbons (Fsp3) is 0.370. The molecule has 1 spiro atoms. The quantitative estimate of drug-likeness (QED) is 0.503. The number of carbonyl (C=O) groups is 1. The largest absolute Gasteiger partial charge is 0.493 e. The molecule has 1 N–H and O–H groups in total. The van der Waals surface area contributed by atoms with Crippen LogP contribution in [0.15, 0.2) is 61.2 Å². The third-order valence-corrected chi connectivity index (χ3v) is 6.38. The number of rotatable bonds is 7. The summed E-state index contributed by atoms with van der Waals surface area (Å²) in [7, 11) is 3.73. The van der Waals surface area contributed by atoms with Crippen molar-refractivity contribution < 1.29 is 19.0 Å². The number of para-hydroxylation sites is 1. The van der Waals surface area contributed by atoms with Crippen LogP contribution in [0.5, 0.6) is 17.2 Å². The Bertz CT molecular complexity index is 1020. The van der Waals surface area contributed by atoms with E-state index >= 15 is 0 Å². The maximum Gasteiger partial charge on any atom is 0.244 e. The lowest BCUT2D eigenvalue weighted by molar-refractivity contribution is -0.118. The maximum absolute atomic E-state index is 12.9. The van der Waals surface area contributed by atoms with Gasteiger partial charge in [0, 0.05) is 31.1 Å². The minimum Gasteiger partial charge on any atom is -0.493 e. The molecule has 1 saturated heterocycles. The molecule has 2 aromatic rings.